The third-order valence-electron chi connectivity index (χ3n) is 5.81. The summed E-state index contributed by atoms with van der Waals surface area (Å²) in [7, 11) is 6.73. The molecule has 164 valence electrons. The molecule has 0 saturated heterocycles. The van der Waals surface area contributed by atoms with E-state index in [0.717, 1.165) is 47.8 Å². The lowest BCUT2D eigenvalue weighted by atomic mass is 9.90. The normalized spacial score (nSPS) is 12.2. The van der Waals surface area contributed by atoms with E-state index in [9.17, 15) is 0 Å². The Labute approximate surface area is 194 Å². The van der Waals surface area contributed by atoms with Crippen molar-refractivity contribution >= 4 is 10.8 Å². The van der Waals surface area contributed by atoms with Gasteiger partial charge < -0.3 is 35.9 Å². The zero-order valence-corrected chi connectivity index (χ0v) is 20.2. The lowest BCUT2D eigenvalue weighted by Gasteiger charge is -2.21. The van der Waals surface area contributed by atoms with Crippen LogP contribution in [0.3, 0.4) is 0 Å². The van der Waals surface area contributed by atoms with Crippen LogP contribution in [0.15, 0.2) is 42.6 Å². The van der Waals surface area contributed by atoms with Crippen LogP contribution in [-0.2, 0) is 19.4 Å². The molecule has 1 aliphatic heterocycles. The van der Waals surface area contributed by atoms with Crippen molar-refractivity contribution in [1.82, 2.24) is 0 Å². The summed E-state index contributed by atoms with van der Waals surface area (Å²) in [4.78, 5) is 0. The molecule has 0 aliphatic carbocycles. The SMILES string of the molecule is C/C=C/Cc1c2[n+](cc3c(OC)c(OC)ccc13)CCc1cc(OC)c(OC)cc1-2.[Br-]. The second-order valence-corrected chi connectivity index (χ2v) is 7.30. The first-order valence-electron chi connectivity index (χ1n) is 10.1. The number of aryl methyl sites for hydroxylation is 2. The highest BCUT2D eigenvalue weighted by atomic mass is 79.9. The number of benzene rings is 2. The Morgan fingerprint density at radius 1 is 0.903 bits per heavy atom. The lowest BCUT2D eigenvalue weighted by Crippen LogP contribution is -3.00. The average molecular weight is 486 g/mol. The Balaban J connectivity index is 0.00000272. The second-order valence-electron chi connectivity index (χ2n) is 7.30. The van der Waals surface area contributed by atoms with Crippen molar-refractivity contribution in [2.75, 3.05) is 28.4 Å². The Morgan fingerprint density at radius 2 is 1.61 bits per heavy atom. The number of nitrogens with zero attached hydrogens (tertiary/aromatic N) is 1. The number of pyridine rings is 1. The number of methoxy groups -OCH3 is 4. The van der Waals surface area contributed by atoms with Crippen molar-refractivity contribution < 1.29 is 40.5 Å². The molecular weight excluding hydrogens is 458 g/mol. The molecule has 3 aromatic rings. The standard InChI is InChI=1S/C25H28NO4.BrH/c1-6-7-8-18-17-9-10-21(27-2)25(30-5)20(17)15-26-12-11-16-13-22(28-3)23(29-4)14-19(16)24(18)26;/h6-7,9-10,13-15H,8,11-12H2,1-5H3;1H/q+1;/p-1/b7-6+;. The van der Waals surface area contributed by atoms with Crippen LogP contribution in [0.1, 0.15) is 18.1 Å². The first-order valence-corrected chi connectivity index (χ1v) is 10.1. The van der Waals surface area contributed by atoms with Gasteiger partial charge in [-0.2, -0.15) is 4.57 Å². The number of rotatable bonds is 6. The van der Waals surface area contributed by atoms with E-state index in [-0.39, 0.29) is 17.0 Å². The van der Waals surface area contributed by atoms with Gasteiger partial charge in [-0.15, -0.1) is 0 Å². The van der Waals surface area contributed by atoms with Gasteiger partial charge >= 0.3 is 0 Å². The molecule has 0 spiro atoms. The maximum Gasteiger partial charge on any atom is 0.217 e. The van der Waals surface area contributed by atoms with Gasteiger partial charge in [-0.3, -0.25) is 0 Å². The van der Waals surface area contributed by atoms with Crippen LogP contribution in [-0.4, -0.2) is 28.4 Å². The molecule has 0 atom stereocenters. The van der Waals surface area contributed by atoms with Gasteiger partial charge in [0.15, 0.2) is 35.7 Å². The highest BCUT2D eigenvalue weighted by Crippen LogP contribution is 2.42. The molecule has 6 heteroatoms. The number of aromatic nitrogens is 1. The van der Waals surface area contributed by atoms with Gasteiger partial charge in [0.05, 0.1) is 39.4 Å². The van der Waals surface area contributed by atoms with Gasteiger partial charge in [0.1, 0.15) is 0 Å². The number of fused-ring (bicyclic) bond motifs is 4. The summed E-state index contributed by atoms with van der Waals surface area (Å²) in [6.45, 7) is 2.94. The first-order chi connectivity index (χ1) is 14.7. The Bertz CT molecular complexity index is 1140. The quantitative estimate of drug-likeness (QED) is 0.392. The Kier molecular flexibility index (Phi) is 7.11. The summed E-state index contributed by atoms with van der Waals surface area (Å²) in [5.74, 6) is 3.02. The third kappa shape index (κ3) is 3.85. The van der Waals surface area contributed by atoms with Crippen molar-refractivity contribution in [3.8, 4) is 34.3 Å². The predicted molar refractivity (Wildman–Crippen MR) is 118 cm³/mol. The number of ether oxygens (including phenoxy) is 4. The predicted octanol–water partition coefficient (Wildman–Crippen LogP) is 1.51. The fraction of sp³-hybridized carbons (Fsp3) is 0.320. The zero-order valence-electron chi connectivity index (χ0n) is 18.6. The van der Waals surface area contributed by atoms with E-state index >= 15 is 0 Å². The first kappa shape index (κ1) is 22.9. The van der Waals surface area contributed by atoms with Gasteiger partial charge in [0.25, 0.3) is 0 Å². The van der Waals surface area contributed by atoms with Gasteiger partial charge in [0.2, 0.25) is 5.69 Å². The van der Waals surface area contributed by atoms with Crippen LogP contribution in [0.2, 0.25) is 0 Å². The minimum Gasteiger partial charge on any atom is -1.00 e. The molecule has 0 saturated carbocycles. The number of allylic oxidation sites excluding steroid dienone is 2. The monoisotopic (exact) mass is 485 g/mol. The van der Waals surface area contributed by atoms with Crippen molar-refractivity contribution in [3.63, 3.8) is 0 Å². The van der Waals surface area contributed by atoms with Crippen molar-refractivity contribution in [1.29, 1.82) is 0 Å². The highest BCUT2D eigenvalue weighted by molar-refractivity contribution is 5.95. The van der Waals surface area contributed by atoms with Crippen LogP contribution in [0.5, 0.6) is 23.0 Å². The molecule has 0 unspecified atom stereocenters. The maximum atomic E-state index is 5.74. The molecule has 1 aliphatic rings. The van der Waals surface area contributed by atoms with Gasteiger partial charge in [-0.25, -0.2) is 0 Å². The molecule has 1 aromatic heterocycles. The summed E-state index contributed by atoms with van der Waals surface area (Å²) in [5.41, 5.74) is 4.94. The van der Waals surface area contributed by atoms with E-state index in [1.807, 2.05) is 6.07 Å². The molecule has 0 radical (unpaired) electrons. The number of hydrogen-bond acceptors (Lipinski definition) is 4. The van der Waals surface area contributed by atoms with Crippen molar-refractivity contribution in [3.05, 3.63) is 53.7 Å². The molecule has 2 heterocycles. The highest BCUT2D eigenvalue weighted by Gasteiger charge is 2.31. The zero-order chi connectivity index (χ0) is 21.3. The minimum atomic E-state index is 0. The molecule has 0 fully saturated rings. The molecule has 0 N–H and O–H groups in total. The molecule has 2 aromatic carbocycles. The van der Waals surface area contributed by atoms with E-state index in [4.69, 9.17) is 18.9 Å². The largest absolute Gasteiger partial charge is 1.00 e. The second kappa shape index (κ2) is 9.60. The van der Waals surface area contributed by atoms with E-state index < -0.39 is 0 Å². The summed E-state index contributed by atoms with van der Waals surface area (Å²) in [6, 6.07) is 8.32. The average Bonchev–Trinajstić information content (AvgIpc) is 2.79. The van der Waals surface area contributed by atoms with E-state index in [2.05, 4.69) is 48.0 Å². The molecule has 0 amide bonds. The third-order valence-corrected chi connectivity index (χ3v) is 5.81. The summed E-state index contributed by atoms with van der Waals surface area (Å²) in [5, 5.41) is 2.23. The maximum absolute atomic E-state index is 5.74. The lowest BCUT2D eigenvalue weighted by molar-refractivity contribution is -0.686. The summed E-state index contributed by atoms with van der Waals surface area (Å²) in [6.07, 6.45) is 8.22. The molecule has 0 bridgehead atoms. The fourth-order valence-electron chi connectivity index (χ4n) is 4.39. The smallest absolute Gasteiger partial charge is 0.217 e. The van der Waals surface area contributed by atoms with Gasteiger partial charge in [-0.1, -0.05) is 12.2 Å². The number of hydrogen-bond donors (Lipinski definition) is 0. The summed E-state index contributed by atoms with van der Waals surface area (Å²) < 4.78 is 24.8. The fourth-order valence-corrected chi connectivity index (χ4v) is 4.39. The van der Waals surface area contributed by atoms with Gasteiger partial charge in [-0.05, 0) is 43.2 Å². The van der Waals surface area contributed by atoms with Gasteiger partial charge in [0, 0.05) is 17.4 Å². The van der Waals surface area contributed by atoms with Crippen LogP contribution < -0.4 is 40.5 Å². The van der Waals surface area contributed by atoms with Crippen LogP contribution in [0.25, 0.3) is 22.0 Å². The van der Waals surface area contributed by atoms with E-state index in [1.165, 1.54) is 27.8 Å². The molecule has 31 heavy (non-hydrogen) atoms. The Hall–Kier alpha value is -2.73. The van der Waals surface area contributed by atoms with E-state index in [1.54, 1.807) is 28.4 Å². The molecule has 5 nitrogen and oxygen atoms in total. The molecule has 4 rings (SSSR count). The number of halogens is 1. The van der Waals surface area contributed by atoms with Crippen molar-refractivity contribution in [2.45, 2.75) is 26.3 Å². The summed E-state index contributed by atoms with van der Waals surface area (Å²) >= 11 is 0. The Morgan fingerprint density at radius 3 is 2.26 bits per heavy atom. The van der Waals surface area contributed by atoms with Crippen molar-refractivity contribution in [2.24, 2.45) is 0 Å². The minimum absolute atomic E-state index is 0. The van der Waals surface area contributed by atoms with E-state index in [0.29, 0.717) is 0 Å². The van der Waals surface area contributed by atoms with Crippen LogP contribution in [0, 0.1) is 0 Å². The van der Waals surface area contributed by atoms with Crippen LogP contribution in [0.4, 0.5) is 0 Å². The topological polar surface area (TPSA) is 40.8 Å². The molecular formula is C25H28BrNO4. The van der Waals surface area contributed by atoms with Crippen LogP contribution >= 0.6 is 0 Å².